The Bertz CT molecular complexity index is 353. The smallest absolute Gasteiger partial charge is 0.213 e. The van der Waals surface area contributed by atoms with Gasteiger partial charge in [-0.3, -0.25) is 4.79 Å². The van der Waals surface area contributed by atoms with Crippen molar-refractivity contribution >= 4 is 5.78 Å². The molecule has 1 fully saturated rings. The number of carbonyl (C=O) groups excluding carboxylic acids is 1. The van der Waals surface area contributed by atoms with E-state index in [1.807, 2.05) is 6.92 Å². The summed E-state index contributed by atoms with van der Waals surface area (Å²) in [6, 6.07) is 0. The largest absolute Gasteiger partial charge is 0.367 e. The molecule has 2 heterocycles. The molecule has 0 amide bonds. The number of nitrogens with zero attached hydrogens (tertiary/aromatic N) is 3. The number of hydrogen-bond acceptors (Lipinski definition) is 4. The fraction of sp³-hybridized carbons (Fsp3) is 0.667. The second-order valence-corrected chi connectivity index (χ2v) is 3.75. The first-order valence-electron chi connectivity index (χ1n) is 4.67. The van der Waals surface area contributed by atoms with E-state index in [1.165, 1.54) is 10.9 Å². The zero-order valence-electron chi connectivity index (χ0n) is 8.36. The summed E-state index contributed by atoms with van der Waals surface area (Å²) in [7, 11) is 1.71. The molecule has 0 aliphatic carbocycles. The van der Waals surface area contributed by atoms with Crippen LogP contribution >= 0.6 is 0 Å². The quantitative estimate of drug-likeness (QED) is 0.647. The highest BCUT2D eigenvalue weighted by atomic mass is 16.5. The van der Waals surface area contributed by atoms with Crippen molar-refractivity contribution < 1.29 is 9.53 Å². The van der Waals surface area contributed by atoms with Crippen LogP contribution in [-0.2, 0) is 11.8 Å². The fourth-order valence-corrected chi connectivity index (χ4v) is 1.72. The molecule has 0 bridgehead atoms. The van der Waals surface area contributed by atoms with Crippen molar-refractivity contribution in [3.8, 4) is 0 Å². The zero-order valence-corrected chi connectivity index (χ0v) is 8.36. The van der Waals surface area contributed by atoms with E-state index in [1.54, 1.807) is 7.05 Å². The van der Waals surface area contributed by atoms with Gasteiger partial charge in [0.2, 0.25) is 5.78 Å². The van der Waals surface area contributed by atoms with E-state index < -0.39 is 5.60 Å². The maximum absolute atomic E-state index is 12.0. The molecule has 0 N–H and O–H groups in total. The van der Waals surface area contributed by atoms with Crippen molar-refractivity contribution in [1.82, 2.24) is 15.0 Å². The molecule has 5 nitrogen and oxygen atoms in total. The van der Waals surface area contributed by atoms with Gasteiger partial charge in [0, 0.05) is 13.7 Å². The Kier molecular flexibility index (Phi) is 2.11. The third-order valence-electron chi connectivity index (χ3n) is 2.65. The van der Waals surface area contributed by atoms with Crippen LogP contribution in [0.1, 0.15) is 30.3 Å². The van der Waals surface area contributed by atoms with E-state index in [0.717, 1.165) is 12.8 Å². The number of ether oxygens (including phenoxy) is 1. The average molecular weight is 195 g/mol. The molecule has 76 valence electrons. The van der Waals surface area contributed by atoms with E-state index in [9.17, 15) is 4.79 Å². The summed E-state index contributed by atoms with van der Waals surface area (Å²) in [5, 5.41) is 7.41. The van der Waals surface area contributed by atoms with Gasteiger partial charge < -0.3 is 4.74 Å². The zero-order chi connectivity index (χ0) is 10.2. The van der Waals surface area contributed by atoms with Crippen LogP contribution in [0.2, 0.25) is 0 Å². The highest BCUT2D eigenvalue weighted by molar-refractivity contribution is 6.00. The summed E-state index contributed by atoms with van der Waals surface area (Å²) < 4.78 is 6.94. The van der Waals surface area contributed by atoms with Crippen LogP contribution in [0, 0.1) is 0 Å². The molecule has 1 aliphatic heterocycles. The van der Waals surface area contributed by atoms with Crippen molar-refractivity contribution in [3.63, 3.8) is 0 Å². The van der Waals surface area contributed by atoms with E-state index in [4.69, 9.17) is 4.74 Å². The van der Waals surface area contributed by atoms with Crippen molar-refractivity contribution in [2.75, 3.05) is 6.61 Å². The molecular weight excluding hydrogens is 182 g/mol. The number of ketones is 1. The van der Waals surface area contributed by atoms with Crippen LogP contribution in [0.3, 0.4) is 0 Å². The number of carbonyl (C=O) groups is 1. The first-order valence-corrected chi connectivity index (χ1v) is 4.67. The summed E-state index contributed by atoms with van der Waals surface area (Å²) in [5.41, 5.74) is -0.162. The molecule has 0 aromatic carbocycles. The summed E-state index contributed by atoms with van der Waals surface area (Å²) in [6.45, 7) is 2.49. The monoisotopic (exact) mass is 195 g/mol. The van der Waals surface area contributed by atoms with Gasteiger partial charge in [-0.1, -0.05) is 5.21 Å². The van der Waals surface area contributed by atoms with E-state index in [0.29, 0.717) is 12.3 Å². The van der Waals surface area contributed by atoms with Gasteiger partial charge in [-0.05, 0) is 19.8 Å². The third-order valence-corrected chi connectivity index (χ3v) is 2.65. The Morgan fingerprint density at radius 1 is 1.71 bits per heavy atom. The molecule has 0 saturated carbocycles. The van der Waals surface area contributed by atoms with Crippen LogP contribution in [-0.4, -0.2) is 33.0 Å². The minimum absolute atomic E-state index is 0.0255. The van der Waals surface area contributed by atoms with Gasteiger partial charge in [0.15, 0.2) is 0 Å². The lowest BCUT2D eigenvalue weighted by atomic mass is 9.95. The second kappa shape index (κ2) is 3.16. The summed E-state index contributed by atoms with van der Waals surface area (Å²) in [5.74, 6) is -0.0255. The number of aromatic nitrogens is 3. The Labute approximate surface area is 82.1 Å². The molecule has 1 saturated heterocycles. The van der Waals surface area contributed by atoms with Crippen molar-refractivity contribution in [2.24, 2.45) is 7.05 Å². The lowest BCUT2D eigenvalue weighted by Gasteiger charge is -2.20. The molecule has 1 unspecified atom stereocenters. The van der Waals surface area contributed by atoms with Crippen LogP contribution in [0.4, 0.5) is 0 Å². The molecule has 2 rings (SSSR count). The first kappa shape index (κ1) is 9.33. The Balaban J connectivity index is 2.28. The molecule has 0 radical (unpaired) electrons. The predicted octanol–water partition coefficient (Wildman–Crippen LogP) is 0.567. The van der Waals surface area contributed by atoms with Gasteiger partial charge in [0.1, 0.15) is 11.3 Å². The topological polar surface area (TPSA) is 57.0 Å². The summed E-state index contributed by atoms with van der Waals surface area (Å²) >= 11 is 0. The minimum atomic E-state index is -0.671. The summed E-state index contributed by atoms with van der Waals surface area (Å²) in [6.07, 6.45) is 3.19. The number of Topliss-reactive ketones (excluding diaryl/α,β-unsaturated/α-hetero) is 1. The van der Waals surface area contributed by atoms with Gasteiger partial charge in [-0.2, -0.15) is 0 Å². The Morgan fingerprint density at radius 2 is 2.50 bits per heavy atom. The molecular formula is C9H13N3O2. The highest BCUT2D eigenvalue weighted by Crippen LogP contribution is 2.28. The fourth-order valence-electron chi connectivity index (χ4n) is 1.72. The molecule has 1 atom stereocenters. The van der Waals surface area contributed by atoms with Gasteiger partial charge >= 0.3 is 0 Å². The van der Waals surface area contributed by atoms with Crippen molar-refractivity contribution in [1.29, 1.82) is 0 Å². The van der Waals surface area contributed by atoms with E-state index >= 15 is 0 Å². The highest BCUT2D eigenvalue weighted by Gasteiger charge is 2.39. The maximum atomic E-state index is 12.0. The van der Waals surface area contributed by atoms with Gasteiger partial charge in [-0.15, -0.1) is 5.10 Å². The van der Waals surface area contributed by atoms with Crippen LogP contribution < -0.4 is 0 Å². The number of aryl methyl sites for hydroxylation is 1. The summed E-state index contributed by atoms with van der Waals surface area (Å²) in [4.78, 5) is 12.0. The van der Waals surface area contributed by atoms with Gasteiger partial charge in [0.05, 0.1) is 6.20 Å². The molecule has 14 heavy (non-hydrogen) atoms. The van der Waals surface area contributed by atoms with Gasteiger partial charge in [0.25, 0.3) is 0 Å². The van der Waals surface area contributed by atoms with E-state index in [2.05, 4.69) is 10.3 Å². The molecule has 1 aromatic rings. The molecule has 1 aliphatic rings. The van der Waals surface area contributed by atoms with E-state index in [-0.39, 0.29) is 5.78 Å². The number of hydrogen-bond donors (Lipinski definition) is 0. The molecule has 0 spiro atoms. The minimum Gasteiger partial charge on any atom is -0.367 e. The molecule has 5 heteroatoms. The third kappa shape index (κ3) is 1.33. The standard InChI is InChI=1S/C9H13N3O2/c1-9(4-3-5-14-9)8(13)7-6-10-11-12(7)2/h6H,3-5H2,1-2H3. The number of rotatable bonds is 2. The average Bonchev–Trinajstić information content (AvgIpc) is 2.74. The van der Waals surface area contributed by atoms with Crippen molar-refractivity contribution in [3.05, 3.63) is 11.9 Å². The normalized spacial score (nSPS) is 26.7. The lowest BCUT2D eigenvalue weighted by Crippen LogP contribution is -2.35. The maximum Gasteiger partial charge on any atom is 0.213 e. The Morgan fingerprint density at radius 3 is 3.00 bits per heavy atom. The van der Waals surface area contributed by atoms with Crippen LogP contribution in [0.25, 0.3) is 0 Å². The van der Waals surface area contributed by atoms with Crippen LogP contribution in [0.15, 0.2) is 6.20 Å². The Hall–Kier alpha value is -1.23. The first-order chi connectivity index (χ1) is 6.63. The SMILES string of the molecule is Cn1nncc1C(=O)C1(C)CCCO1. The second-order valence-electron chi connectivity index (χ2n) is 3.75. The van der Waals surface area contributed by atoms with Crippen molar-refractivity contribution in [2.45, 2.75) is 25.4 Å². The predicted molar refractivity (Wildman–Crippen MR) is 48.9 cm³/mol. The lowest BCUT2D eigenvalue weighted by molar-refractivity contribution is 0.0205. The van der Waals surface area contributed by atoms with Gasteiger partial charge in [-0.25, -0.2) is 4.68 Å². The van der Waals surface area contributed by atoms with Crippen LogP contribution in [0.5, 0.6) is 0 Å². The molecule has 1 aromatic heterocycles.